The van der Waals surface area contributed by atoms with Gasteiger partial charge in [0.15, 0.2) is 0 Å². The van der Waals surface area contributed by atoms with E-state index < -0.39 is 0 Å². The molecule has 3 rings (SSSR count). The second-order valence-corrected chi connectivity index (χ2v) is 6.07. The van der Waals surface area contributed by atoms with Crippen molar-refractivity contribution in [3.63, 3.8) is 0 Å². The highest BCUT2D eigenvalue weighted by atomic mass is 35.5. The molecular formula is C19H24ClNO. The Hall–Kier alpha value is -1.51. The molecule has 118 valence electrons. The van der Waals surface area contributed by atoms with Crippen molar-refractivity contribution >= 4 is 12.4 Å². The summed E-state index contributed by atoms with van der Waals surface area (Å²) in [5, 5.41) is 3.50. The van der Waals surface area contributed by atoms with Gasteiger partial charge in [-0.3, -0.25) is 0 Å². The third-order valence-corrected chi connectivity index (χ3v) is 4.23. The van der Waals surface area contributed by atoms with Gasteiger partial charge in [0.2, 0.25) is 0 Å². The van der Waals surface area contributed by atoms with Gasteiger partial charge in [-0.15, -0.1) is 12.4 Å². The minimum Gasteiger partial charge on any atom is -0.493 e. The number of hydrogen-bond acceptors (Lipinski definition) is 2. The zero-order valence-corrected chi connectivity index (χ0v) is 14.0. The minimum absolute atomic E-state index is 0. The van der Waals surface area contributed by atoms with Crippen LogP contribution in [0.15, 0.2) is 48.5 Å². The Balaban J connectivity index is 0.00000176. The molecular weight excluding hydrogens is 294 g/mol. The maximum Gasteiger partial charge on any atom is 0.119 e. The monoisotopic (exact) mass is 317 g/mol. The van der Waals surface area contributed by atoms with Crippen LogP contribution in [0.3, 0.4) is 0 Å². The van der Waals surface area contributed by atoms with Crippen LogP contribution in [0.1, 0.15) is 22.6 Å². The largest absolute Gasteiger partial charge is 0.493 e. The van der Waals surface area contributed by atoms with Gasteiger partial charge in [0, 0.05) is 24.9 Å². The van der Waals surface area contributed by atoms with E-state index >= 15 is 0 Å². The lowest BCUT2D eigenvalue weighted by molar-refractivity contribution is 0.248. The Labute approximate surface area is 139 Å². The van der Waals surface area contributed by atoms with Gasteiger partial charge < -0.3 is 10.1 Å². The first-order chi connectivity index (χ1) is 10.2. The molecule has 0 spiro atoms. The average molecular weight is 318 g/mol. The van der Waals surface area contributed by atoms with E-state index in [2.05, 4.69) is 67.7 Å². The molecule has 1 heterocycles. The lowest BCUT2D eigenvalue weighted by atomic mass is 9.89. The quantitative estimate of drug-likeness (QED) is 0.916. The van der Waals surface area contributed by atoms with Crippen molar-refractivity contribution in [2.45, 2.75) is 19.8 Å². The maximum atomic E-state index is 6.06. The van der Waals surface area contributed by atoms with Gasteiger partial charge in [0.1, 0.15) is 5.75 Å². The standard InChI is InChI=1S/C19H23NO.ClH/c1-14-8-15(2)10-18(9-14)21-13-17-11-20-12-19(17)16-6-4-3-5-7-16;/h3-10,17,19-20H,11-13H2,1-2H3;1H. The fourth-order valence-corrected chi connectivity index (χ4v) is 3.22. The summed E-state index contributed by atoms with van der Waals surface area (Å²) in [6, 6.07) is 17.2. The van der Waals surface area contributed by atoms with E-state index in [9.17, 15) is 0 Å². The number of benzene rings is 2. The molecule has 2 aromatic rings. The van der Waals surface area contributed by atoms with Crippen LogP contribution in [0.2, 0.25) is 0 Å². The summed E-state index contributed by atoms with van der Waals surface area (Å²) in [7, 11) is 0. The molecule has 3 heteroatoms. The van der Waals surface area contributed by atoms with Crippen LogP contribution in [-0.2, 0) is 0 Å². The van der Waals surface area contributed by atoms with E-state index in [1.54, 1.807) is 0 Å². The van der Waals surface area contributed by atoms with Crippen LogP contribution in [0.5, 0.6) is 5.75 Å². The molecule has 0 bridgehead atoms. The van der Waals surface area contributed by atoms with Crippen LogP contribution >= 0.6 is 12.4 Å². The second kappa shape index (κ2) is 7.66. The number of nitrogens with one attached hydrogen (secondary N) is 1. The van der Waals surface area contributed by atoms with Crippen LogP contribution < -0.4 is 10.1 Å². The highest BCUT2D eigenvalue weighted by molar-refractivity contribution is 5.85. The summed E-state index contributed by atoms with van der Waals surface area (Å²) in [4.78, 5) is 0. The molecule has 0 radical (unpaired) electrons. The van der Waals surface area contributed by atoms with Crippen molar-refractivity contribution < 1.29 is 4.74 Å². The number of ether oxygens (including phenoxy) is 1. The highest BCUT2D eigenvalue weighted by Crippen LogP contribution is 2.29. The molecule has 22 heavy (non-hydrogen) atoms. The van der Waals surface area contributed by atoms with Crippen molar-refractivity contribution in [2.24, 2.45) is 5.92 Å². The second-order valence-electron chi connectivity index (χ2n) is 6.07. The van der Waals surface area contributed by atoms with Crippen molar-refractivity contribution in [1.29, 1.82) is 0 Å². The molecule has 0 aromatic heterocycles. The molecule has 1 N–H and O–H groups in total. The topological polar surface area (TPSA) is 21.3 Å². The first-order valence-corrected chi connectivity index (χ1v) is 7.69. The van der Waals surface area contributed by atoms with Crippen LogP contribution in [0.4, 0.5) is 0 Å². The van der Waals surface area contributed by atoms with Gasteiger partial charge in [-0.2, -0.15) is 0 Å². The SMILES string of the molecule is Cc1cc(C)cc(OCC2CNCC2c2ccccc2)c1.Cl. The lowest BCUT2D eigenvalue weighted by Gasteiger charge is -2.19. The van der Waals surface area contributed by atoms with Gasteiger partial charge >= 0.3 is 0 Å². The van der Waals surface area contributed by atoms with Gasteiger partial charge in [0.05, 0.1) is 6.61 Å². The van der Waals surface area contributed by atoms with E-state index in [1.165, 1.54) is 16.7 Å². The summed E-state index contributed by atoms with van der Waals surface area (Å²) in [6.07, 6.45) is 0. The average Bonchev–Trinajstić information content (AvgIpc) is 2.93. The lowest BCUT2D eigenvalue weighted by Crippen LogP contribution is -2.19. The zero-order valence-electron chi connectivity index (χ0n) is 13.2. The first-order valence-electron chi connectivity index (χ1n) is 7.69. The Morgan fingerprint density at radius 2 is 1.68 bits per heavy atom. The van der Waals surface area contributed by atoms with E-state index in [0.29, 0.717) is 11.8 Å². The van der Waals surface area contributed by atoms with Crippen LogP contribution in [0, 0.1) is 19.8 Å². The summed E-state index contributed by atoms with van der Waals surface area (Å²) in [5.74, 6) is 2.08. The third kappa shape index (κ3) is 4.02. The molecule has 1 fully saturated rings. The number of aryl methyl sites for hydroxylation is 2. The fraction of sp³-hybridized carbons (Fsp3) is 0.368. The molecule has 0 aliphatic carbocycles. The van der Waals surface area contributed by atoms with Crippen molar-refractivity contribution in [3.05, 3.63) is 65.2 Å². The molecule has 1 aliphatic rings. The van der Waals surface area contributed by atoms with E-state index in [4.69, 9.17) is 4.74 Å². The van der Waals surface area contributed by atoms with Crippen LogP contribution in [-0.4, -0.2) is 19.7 Å². The van der Waals surface area contributed by atoms with Gasteiger partial charge in [-0.05, 0) is 42.7 Å². The van der Waals surface area contributed by atoms with E-state index in [1.807, 2.05) is 0 Å². The zero-order chi connectivity index (χ0) is 14.7. The predicted octanol–water partition coefficient (Wildman–Crippen LogP) is 4.11. The molecule has 2 unspecified atom stereocenters. The molecule has 1 saturated heterocycles. The van der Waals surface area contributed by atoms with Gasteiger partial charge in [-0.1, -0.05) is 36.4 Å². The first kappa shape index (κ1) is 16.9. The van der Waals surface area contributed by atoms with Gasteiger partial charge in [-0.25, -0.2) is 0 Å². The number of rotatable bonds is 4. The summed E-state index contributed by atoms with van der Waals surface area (Å²) in [5.41, 5.74) is 3.93. The van der Waals surface area contributed by atoms with Gasteiger partial charge in [0.25, 0.3) is 0 Å². The van der Waals surface area contributed by atoms with Crippen molar-refractivity contribution in [1.82, 2.24) is 5.32 Å². The Morgan fingerprint density at radius 3 is 2.36 bits per heavy atom. The molecule has 2 atom stereocenters. The Morgan fingerprint density at radius 1 is 1.00 bits per heavy atom. The summed E-state index contributed by atoms with van der Waals surface area (Å²) < 4.78 is 6.06. The maximum absolute atomic E-state index is 6.06. The molecule has 2 aromatic carbocycles. The fourth-order valence-electron chi connectivity index (χ4n) is 3.22. The predicted molar refractivity (Wildman–Crippen MR) is 94.2 cm³/mol. The normalized spacial score (nSPS) is 20.5. The number of hydrogen-bond donors (Lipinski definition) is 1. The molecule has 0 amide bonds. The third-order valence-electron chi connectivity index (χ3n) is 4.23. The number of halogens is 1. The minimum atomic E-state index is 0. The smallest absolute Gasteiger partial charge is 0.119 e. The molecule has 1 aliphatic heterocycles. The highest BCUT2D eigenvalue weighted by Gasteiger charge is 2.28. The van der Waals surface area contributed by atoms with Crippen LogP contribution in [0.25, 0.3) is 0 Å². The van der Waals surface area contributed by atoms with Crippen molar-refractivity contribution in [2.75, 3.05) is 19.7 Å². The van der Waals surface area contributed by atoms with E-state index in [0.717, 1.165) is 25.4 Å². The van der Waals surface area contributed by atoms with Crippen molar-refractivity contribution in [3.8, 4) is 5.75 Å². The Kier molecular flexibility index (Phi) is 5.87. The summed E-state index contributed by atoms with van der Waals surface area (Å²) in [6.45, 7) is 7.08. The molecule has 0 saturated carbocycles. The van der Waals surface area contributed by atoms with E-state index in [-0.39, 0.29) is 12.4 Å². The Bertz CT molecular complexity index is 579. The summed E-state index contributed by atoms with van der Waals surface area (Å²) >= 11 is 0. The molecule has 2 nitrogen and oxygen atoms in total.